The normalized spacial score (nSPS) is 23.1. The number of piperazine rings is 1. The van der Waals surface area contributed by atoms with E-state index in [4.69, 9.17) is 11.6 Å². The van der Waals surface area contributed by atoms with E-state index in [0.717, 1.165) is 25.5 Å². The second-order valence-electron chi connectivity index (χ2n) is 3.96. The van der Waals surface area contributed by atoms with E-state index in [2.05, 4.69) is 33.7 Å². The zero-order chi connectivity index (χ0) is 10.8. The first kappa shape index (κ1) is 10.6. The SMILES string of the molecule is CC1CN(c2ccnc(Cl)n2)CCN1C. The van der Waals surface area contributed by atoms with E-state index in [1.165, 1.54) is 0 Å². The molecule has 0 aliphatic carbocycles. The minimum atomic E-state index is 0.319. The molecule has 1 aliphatic heterocycles. The van der Waals surface area contributed by atoms with Gasteiger partial charge >= 0.3 is 0 Å². The van der Waals surface area contributed by atoms with Gasteiger partial charge in [0.15, 0.2) is 0 Å². The van der Waals surface area contributed by atoms with Crippen LogP contribution < -0.4 is 4.90 Å². The Balaban J connectivity index is 2.12. The Labute approximate surface area is 94.9 Å². The molecule has 15 heavy (non-hydrogen) atoms. The van der Waals surface area contributed by atoms with Crippen LogP contribution in [0.4, 0.5) is 5.82 Å². The Kier molecular flexibility index (Phi) is 3.07. The molecule has 5 heteroatoms. The smallest absolute Gasteiger partial charge is 0.224 e. The van der Waals surface area contributed by atoms with Crippen LogP contribution in [0.25, 0.3) is 0 Å². The molecule has 1 unspecified atom stereocenters. The van der Waals surface area contributed by atoms with Gasteiger partial charge in [0.05, 0.1) is 0 Å². The van der Waals surface area contributed by atoms with Gasteiger partial charge in [-0.05, 0) is 31.6 Å². The van der Waals surface area contributed by atoms with Crippen molar-refractivity contribution in [2.24, 2.45) is 0 Å². The van der Waals surface area contributed by atoms with Crippen molar-refractivity contribution in [2.75, 3.05) is 31.6 Å². The number of hydrogen-bond donors (Lipinski definition) is 0. The molecule has 0 aromatic carbocycles. The second-order valence-corrected chi connectivity index (χ2v) is 4.30. The van der Waals surface area contributed by atoms with Crippen molar-refractivity contribution in [3.05, 3.63) is 17.5 Å². The van der Waals surface area contributed by atoms with Crippen molar-refractivity contribution in [2.45, 2.75) is 13.0 Å². The number of rotatable bonds is 1. The topological polar surface area (TPSA) is 32.3 Å². The lowest BCUT2D eigenvalue weighted by molar-refractivity contribution is 0.233. The van der Waals surface area contributed by atoms with Crippen LogP contribution in [0.15, 0.2) is 12.3 Å². The Bertz CT molecular complexity index is 344. The Hall–Kier alpha value is -0.870. The van der Waals surface area contributed by atoms with Crippen molar-refractivity contribution >= 4 is 17.4 Å². The van der Waals surface area contributed by atoms with Crippen LogP contribution >= 0.6 is 11.6 Å². The van der Waals surface area contributed by atoms with Crippen LogP contribution in [-0.4, -0.2) is 47.6 Å². The van der Waals surface area contributed by atoms with E-state index in [9.17, 15) is 0 Å². The van der Waals surface area contributed by atoms with Gasteiger partial charge in [-0.25, -0.2) is 9.97 Å². The molecule has 0 bridgehead atoms. The molecular formula is C10H15ClN4. The van der Waals surface area contributed by atoms with Crippen LogP contribution in [0.3, 0.4) is 0 Å². The molecule has 1 aromatic rings. The summed E-state index contributed by atoms with van der Waals surface area (Å²) in [6.45, 7) is 5.26. The number of aromatic nitrogens is 2. The zero-order valence-electron chi connectivity index (χ0n) is 9.02. The van der Waals surface area contributed by atoms with Gasteiger partial charge < -0.3 is 9.80 Å². The number of anilines is 1. The predicted octanol–water partition coefficient (Wildman–Crippen LogP) is 1.27. The lowest BCUT2D eigenvalue weighted by atomic mass is 10.2. The molecule has 2 rings (SSSR count). The van der Waals surface area contributed by atoms with Crippen LogP contribution in [0, 0.1) is 0 Å². The molecule has 0 saturated carbocycles. The molecule has 82 valence electrons. The van der Waals surface area contributed by atoms with Gasteiger partial charge in [0.2, 0.25) is 5.28 Å². The highest BCUT2D eigenvalue weighted by Crippen LogP contribution is 2.16. The minimum absolute atomic E-state index is 0.319. The van der Waals surface area contributed by atoms with Gasteiger partial charge in [-0.15, -0.1) is 0 Å². The van der Waals surface area contributed by atoms with E-state index in [1.807, 2.05) is 6.07 Å². The molecule has 1 saturated heterocycles. The zero-order valence-corrected chi connectivity index (χ0v) is 9.78. The van der Waals surface area contributed by atoms with Crippen molar-refractivity contribution in [1.82, 2.24) is 14.9 Å². The summed E-state index contributed by atoms with van der Waals surface area (Å²) >= 11 is 5.77. The molecule has 2 heterocycles. The minimum Gasteiger partial charge on any atom is -0.354 e. The summed E-state index contributed by atoms with van der Waals surface area (Å²) < 4.78 is 0. The van der Waals surface area contributed by atoms with Gasteiger partial charge in [0.25, 0.3) is 0 Å². The van der Waals surface area contributed by atoms with E-state index in [1.54, 1.807) is 6.20 Å². The fourth-order valence-corrected chi connectivity index (χ4v) is 1.90. The molecule has 0 radical (unpaired) electrons. The summed E-state index contributed by atoms with van der Waals surface area (Å²) in [7, 11) is 2.15. The highest BCUT2D eigenvalue weighted by atomic mass is 35.5. The fraction of sp³-hybridized carbons (Fsp3) is 0.600. The summed E-state index contributed by atoms with van der Waals surface area (Å²) in [5, 5.41) is 0.319. The summed E-state index contributed by atoms with van der Waals surface area (Å²) in [5.74, 6) is 0.926. The van der Waals surface area contributed by atoms with Crippen LogP contribution in [0.5, 0.6) is 0 Å². The molecule has 0 spiro atoms. The monoisotopic (exact) mass is 226 g/mol. The summed E-state index contributed by atoms with van der Waals surface area (Å²) in [6, 6.07) is 2.46. The highest BCUT2D eigenvalue weighted by Gasteiger charge is 2.21. The van der Waals surface area contributed by atoms with Gasteiger partial charge in [0.1, 0.15) is 5.82 Å². The molecule has 1 fully saturated rings. The second kappa shape index (κ2) is 4.33. The third-order valence-electron chi connectivity index (χ3n) is 2.90. The number of hydrogen-bond acceptors (Lipinski definition) is 4. The van der Waals surface area contributed by atoms with Gasteiger partial charge in [-0.1, -0.05) is 0 Å². The maximum atomic E-state index is 5.77. The summed E-state index contributed by atoms with van der Waals surface area (Å²) in [4.78, 5) is 12.7. The van der Waals surface area contributed by atoms with Crippen molar-refractivity contribution in [3.8, 4) is 0 Å². The van der Waals surface area contributed by atoms with Crippen LogP contribution in [0.2, 0.25) is 5.28 Å². The third kappa shape index (κ3) is 2.38. The molecule has 1 atom stereocenters. The molecule has 1 aliphatic rings. The maximum Gasteiger partial charge on any atom is 0.224 e. The first-order valence-corrected chi connectivity index (χ1v) is 5.48. The standard InChI is InChI=1S/C10H15ClN4/c1-8-7-15(6-5-14(8)2)9-3-4-12-10(11)13-9/h3-4,8H,5-7H2,1-2H3. The largest absolute Gasteiger partial charge is 0.354 e. The lowest BCUT2D eigenvalue weighted by Gasteiger charge is -2.38. The lowest BCUT2D eigenvalue weighted by Crippen LogP contribution is -2.50. The van der Waals surface area contributed by atoms with E-state index >= 15 is 0 Å². The Morgan fingerprint density at radius 1 is 1.47 bits per heavy atom. The van der Waals surface area contributed by atoms with Gasteiger partial charge in [0, 0.05) is 31.9 Å². The van der Waals surface area contributed by atoms with Crippen molar-refractivity contribution in [3.63, 3.8) is 0 Å². The molecule has 4 nitrogen and oxygen atoms in total. The Morgan fingerprint density at radius 3 is 2.93 bits per heavy atom. The molecule has 0 amide bonds. The van der Waals surface area contributed by atoms with Gasteiger partial charge in [-0.2, -0.15) is 0 Å². The van der Waals surface area contributed by atoms with Gasteiger partial charge in [-0.3, -0.25) is 0 Å². The number of halogens is 1. The molecule has 1 aromatic heterocycles. The predicted molar refractivity (Wildman–Crippen MR) is 61.3 cm³/mol. The van der Waals surface area contributed by atoms with Crippen LogP contribution in [-0.2, 0) is 0 Å². The van der Waals surface area contributed by atoms with Crippen molar-refractivity contribution < 1.29 is 0 Å². The number of nitrogens with zero attached hydrogens (tertiary/aromatic N) is 4. The quantitative estimate of drug-likeness (QED) is 0.676. The maximum absolute atomic E-state index is 5.77. The fourth-order valence-electron chi connectivity index (χ4n) is 1.76. The summed E-state index contributed by atoms with van der Waals surface area (Å²) in [6.07, 6.45) is 1.70. The molecule has 0 N–H and O–H groups in total. The first-order chi connectivity index (χ1) is 7.16. The van der Waals surface area contributed by atoms with Crippen LogP contribution in [0.1, 0.15) is 6.92 Å². The molecular weight excluding hydrogens is 212 g/mol. The average Bonchev–Trinajstić information content (AvgIpc) is 2.22. The first-order valence-electron chi connectivity index (χ1n) is 5.10. The van der Waals surface area contributed by atoms with Crippen molar-refractivity contribution in [1.29, 1.82) is 0 Å². The number of likely N-dealkylation sites (N-methyl/N-ethyl adjacent to an activating group) is 1. The third-order valence-corrected chi connectivity index (χ3v) is 3.08. The van der Waals surface area contributed by atoms with E-state index in [-0.39, 0.29) is 0 Å². The Morgan fingerprint density at radius 2 is 2.27 bits per heavy atom. The van der Waals surface area contributed by atoms with E-state index < -0.39 is 0 Å². The average molecular weight is 227 g/mol. The highest BCUT2D eigenvalue weighted by molar-refractivity contribution is 6.28. The summed E-state index contributed by atoms with van der Waals surface area (Å²) in [5.41, 5.74) is 0. The van der Waals surface area contributed by atoms with E-state index in [0.29, 0.717) is 11.3 Å².